The van der Waals surface area contributed by atoms with Crippen molar-refractivity contribution in [1.82, 2.24) is 14.9 Å². The van der Waals surface area contributed by atoms with Crippen molar-refractivity contribution >= 4 is 17.5 Å². The number of hydrogen-bond donors (Lipinski definition) is 0. The van der Waals surface area contributed by atoms with E-state index in [0.717, 1.165) is 10.0 Å². The molecule has 192 valence electrons. The second-order valence-electron chi connectivity index (χ2n) is 7.06. The minimum absolute atomic E-state index is 0.0240. The van der Waals surface area contributed by atoms with Crippen molar-refractivity contribution in [3.05, 3.63) is 42.8 Å². The van der Waals surface area contributed by atoms with Crippen LogP contribution in [0.5, 0.6) is 11.5 Å². The molecule has 0 spiro atoms. The minimum atomic E-state index is -0.992. The van der Waals surface area contributed by atoms with Gasteiger partial charge >= 0.3 is 17.5 Å². The number of rotatable bonds is 10. The number of nitro benzene ring substituents is 2. The normalized spacial score (nSPS) is 14.4. The zero-order valence-corrected chi connectivity index (χ0v) is 19.0. The van der Waals surface area contributed by atoms with Crippen LogP contribution in [0, 0.1) is 30.6 Å². The number of ether oxygens (including phenoxy) is 1. The third-order valence-electron chi connectivity index (χ3n) is 4.38. The van der Waals surface area contributed by atoms with Crippen LogP contribution in [0.25, 0.3) is 0 Å². The highest BCUT2D eigenvalue weighted by atomic mass is 16.7. The fourth-order valence-corrected chi connectivity index (χ4v) is 2.58. The number of amides is 1. The summed E-state index contributed by atoms with van der Waals surface area (Å²) in [5, 5.41) is 54.9. The molecule has 0 aromatic heterocycles. The number of benzene rings is 1. The first-order chi connectivity index (χ1) is 16.5. The van der Waals surface area contributed by atoms with E-state index >= 15 is 0 Å². The first kappa shape index (κ1) is 26.5. The van der Waals surface area contributed by atoms with E-state index in [2.05, 4.69) is 10.6 Å². The predicted octanol–water partition coefficient (Wildman–Crippen LogP) is 1.57. The number of carbonyl (C=O) groups excluding carboxylic acids is 1. The van der Waals surface area contributed by atoms with Crippen LogP contribution in [0.15, 0.2) is 22.7 Å². The number of carbonyl (C=O) groups is 1. The number of piperazine rings is 1. The van der Waals surface area contributed by atoms with Gasteiger partial charge in [-0.1, -0.05) is 6.92 Å². The Morgan fingerprint density at radius 1 is 0.971 bits per heavy atom. The van der Waals surface area contributed by atoms with Gasteiger partial charge in [0.25, 0.3) is 0 Å². The predicted molar refractivity (Wildman–Crippen MR) is 112 cm³/mol. The first-order valence-corrected chi connectivity index (χ1v) is 10.1. The lowest BCUT2D eigenvalue weighted by molar-refractivity contribution is -0.708. The Kier molecular flexibility index (Phi) is 9.06. The maximum atomic E-state index is 12.3. The van der Waals surface area contributed by atoms with Crippen LogP contribution >= 0.6 is 0 Å². The molecule has 0 N–H and O–H groups in total. The van der Waals surface area contributed by atoms with Crippen LogP contribution in [0.2, 0.25) is 0 Å². The summed E-state index contributed by atoms with van der Waals surface area (Å²) in [6, 6.07) is 1.21. The third kappa shape index (κ3) is 7.14. The van der Waals surface area contributed by atoms with Gasteiger partial charge in [0, 0.05) is 19.2 Å². The van der Waals surface area contributed by atoms with Crippen molar-refractivity contribution in [2.24, 2.45) is 10.6 Å². The summed E-state index contributed by atoms with van der Waals surface area (Å²) in [7, 11) is 2.63. The fraction of sp³-hybridized carbons (Fsp3) is 0.562. The topological polar surface area (TPSA) is 218 Å². The molecule has 1 fully saturated rings. The molecule has 0 saturated carbocycles. The molecule has 0 aliphatic carbocycles. The lowest BCUT2D eigenvalue weighted by Crippen LogP contribution is -2.50. The van der Waals surface area contributed by atoms with Crippen LogP contribution in [0.4, 0.5) is 16.2 Å². The second kappa shape index (κ2) is 12.0. The molecular weight excluding hydrogens is 478 g/mol. The maximum absolute atomic E-state index is 12.3. The fourth-order valence-electron chi connectivity index (χ4n) is 2.58. The van der Waals surface area contributed by atoms with E-state index in [9.17, 15) is 35.4 Å². The summed E-state index contributed by atoms with van der Waals surface area (Å²) in [6.45, 7) is 2.57. The van der Waals surface area contributed by atoms with Crippen LogP contribution in [-0.2, 0) is 4.74 Å². The molecule has 1 aliphatic rings. The van der Waals surface area contributed by atoms with Crippen molar-refractivity contribution in [2.45, 2.75) is 13.3 Å². The summed E-state index contributed by atoms with van der Waals surface area (Å²) in [4.78, 5) is 43.5. The van der Waals surface area contributed by atoms with Crippen molar-refractivity contribution < 1.29 is 39.0 Å². The zero-order valence-electron chi connectivity index (χ0n) is 19.0. The summed E-state index contributed by atoms with van der Waals surface area (Å²) in [6.07, 6.45) is 0.152. The highest BCUT2D eigenvalue weighted by Gasteiger charge is 2.30. The van der Waals surface area contributed by atoms with E-state index in [0.29, 0.717) is 18.6 Å². The highest BCUT2D eigenvalue weighted by Crippen LogP contribution is 2.39. The molecule has 1 heterocycles. The van der Waals surface area contributed by atoms with E-state index in [-0.39, 0.29) is 42.7 Å². The van der Waals surface area contributed by atoms with Crippen LogP contribution in [0.3, 0.4) is 0 Å². The molecule has 1 aliphatic heterocycles. The molecule has 0 unspecified atom stereocenters. The van der Waals surface area contributed by atoms with Gasteiger partial charge in [0.15, 0.2) is 0 Å². The van der Waals surface area contributed by atoms with Gasteiger partial charge in [0.1, 0.15) is 6.07 Å². The van der Waals surface area contributed by atoms with Crippen LogP contribution < -0.4 is 9.68 Å². The number of nitrogens with zero attached hydrogens (tertiary/aromatic N) is 9. The van der Waals surface area contributed by atoms with Crippen LogP contribution in [-0.4, -0.2) is 87.7 Å². The van der Waals surface area contributed by atoms with E-state index in [1.165, 1.54) is 19.0 Å². The quantitative estimate of drug-likeness (QED) is 0.193. The van der Waals surface area contributed by atoms with Gasteiger partial charge in [0.2, 0.25) is 22.1 Å². The molecule has 19 nitrogen and oxygen atoms in total. The monoisotopic (exact) mass is 501 g/mol. The minimum Gasteiger partial charge on any atom is -0.569 e. The Bertz CT molecular complexity index is 1010. The highest BCUT2D eigenvalue weighted by molar-refractivity contribution is 5.67. The Morgan fingerprint density at radius 3 is 2.00 bits per heavy atom. The molecule has 0 radical (unpaired) electrons. The summed E-state index contributed by atoms with van der Waals surface area (Å²) < 4.78 is 5.02. The molecule has 1 aromatic carbocycles. The van der Waals surface area contributed by atoms with Crippen molar-refractivity contribution in [3.63, 3.8) is 0 Å². The van der Waals surface area contributed by atoms with E-state index in [4.69, 9.17) is 14.4 Å². The summed E-state index contributed by atoms with van der Waals surface area (Å²) in [5.74, 6) is -1.36. The van der Waals surface area contributed by atoms with Crippen LogP contribution in [0.1, 0.15) is 13.3 Å². The first-order valence-electron chi connectivity index (χ1n) is 10.1. The molecular formula is C16H23N9O10. The van der Waals surface area contributed by atoms with Gasteiger partial charge < -0.3 is 20.1 Å². The number of hydrazine groups is 2. The average molecular weight is 501 g/mol. The van der Waals surface area contributed by atoms with E-state index in [1.54, 1.807) is 0 Å². The van der Waals surface area contributed by atoms with Crippen molar-refractivity contribution in [1.29, 1.82) is 0 Å². The summed E-state index contributed by atoms with van der Waals surface area (Å²) >= 11 is 0. The molecule has 1 aromatic rings. The standard InChI is InChI=1S/C16H23N9O10/c1-4-9-33-16(26)20-5-7-21(8-6-20)25(32)18-35-15-11-14(34-17-24(31)19(2)3)12(22(27)28)10-13(15)23(29)30/h10-11H,4-9H2,1-3H3/b24-17-,25-18-. The van der Waals surface area contributed by atoms with Crippen molar-refractivity contribution in [3.8, 4) is 11.5 Å². The van der Waals surface area contributed by atoms with Crippen molar-refractivity contribution in [2.75, 3.05) is 46.9 Å². The largest absolute Gasteiger partial charge is 0.569 e. The average Bonchev–Trinajstić information content (AvgIpc) is 2.83. The van der Waals surface area contributed by atoms with Gasteiger partial charge in [-0.3, -0.25) is 29.9 Å². The number of nitro groups is 2. The van der Waals surface area contributed by atoms with Gasteiger partial charge in [-0.25, -0.2) is 4.79 Å². The third-order valence-corrected chi connectivity index (χ3v) is 4.38. The van der Waals surface area contributed by atoms with Gasteiger partial charge in [-0.05, 0) is 6.42 Å². The molecule has 1 saturated heterocycles. The SMILES string of the molecule is CCCOC(=O)N1CCN(/[N+]([O-])=N/Oc2cc(O/N=[N+](\[O-])N(C)C)c([N+](=O)[O-])cc2[N+](=O)[O-])CC1. The molecule has 0 bridgehead atoms. The molecule has 1 amide bonds. The maximum Gasteiger partial charge on any atom is 0.409 e. The Hall–Kier alpha value is -4.71. The van der Waals surface area contributed by atoms with Gasteiger partial charge in [-0.2, -0.15) is 5.01 Å². The molecule has 19 heteroatoms. The number of hydrogen-bond acceptors (Lipinski definition) is 12. The lowest BCUT2D eigenvalue weighted by Gasteiger charge is -2.30. The smallest absolute Gasteiger partial charge is 0.409 e. The molecule has 0 atom stereocenters. The summed E-state index contributed by atoms with van der Waals surface area (Å²) in [5.41, 5.74) is -1.78. The molecule has 35 heavy (non-hydrogen) atoms. The second-order valence-corrected chi connectivity index (χ2v) is 7.06. The van der Waals surface area contributed by atoms with Gasteiger partial charge in [0.05, 0.1) is 53.6 Å². The van der Waals surface area contributed by atoms with E-state index in [1.807, 2.05) is 6.92 Å². The lowest BCUT2D eigenvalue weighted by atomic mass is 10.2. The van der Waals surface area contributed by atoms with E-state index < -0.39 is 38.8 Å². The van der Waals surface area contributed by atoms with Gasteiger partial charge in [-0.15, -0.1) is 5.01 Å². The Balaban J connectivity index is 2.21. The Morgan fingerprint density at radius 2 is 1.51 bits per heavy atom. The molecule has 2 rings (SSSR count). The Labute approximate surface area is 197 Å². The zero-order chi connectivity index (χ0) is 26.1.